The predicted octanol–water partition coefficient (Wildman–Crippen LogP) is -0.311. The smallest absolute Gasteiger partial charge is 0.274 e. The molecule has 1 saturated carbocycles. The van der Waals surface area contributed by atoms with Gasteiger partial charge in [0.05, 0.1) is 6.20 Å². The first kappa shape index (κ1) is 18.0. The summed E-state index contributed by atoms with van der Waals surface area (Å²) < 4.78 is 0. The predicted molar refractivity (Wildman–Crippen MR) is 100 cm³/mol. The van der Waals surface area contributed by atoms with E-state index in [2.05, 4.69) is 31.3 Å². The molecule has 150 valence electrons. The van der Waals surface area contributed by atoms with E-state index in [0.29, 0.717) is 36.8 Å². The van der Waals surface area contributed by atoms with Crippen LogP contribution in [0.4, 0.5) is 0 Å². The van der Waals surface area contributed by atoms with E-state index in [9.17, 15) is 9.59 Å². The second-order valence-electron chi connectivity index (χ2n) is 8.53. The number of piperidine rings is 1. The zero-order chi connectivity index (χ0) is 19.1. The Morgan fingerprint density at radius 1 is 1.00 bits per heavy atom. The Bertz CT molecular complexity index is 745. The number of aromatic nitrogens is 2. The third kappa shape index (κ3) is 3.27. The molecule has 3 N–H and O–H groups in total. The van der Waals surface area contributed by atoms with E-state index in [0.717, 1.165) is 38.6 Å². The fourth-order valence-electron chi connectivity index (χ4n) is 5.28. The molecule has 1 aliphatic carbocycles. The molecule has 1 aromatic rings. The van der Waals surface area contributed by atoms with Crippen LogP contribution in [0, 0.1) is 11.8 Å². The number of nitrogens with zero attached hydrogens (tertiary/aromatic N) is 4. The van der Waals surface area contributed by atoms with E-state index in [4.69, 9.17) is 0 Å². The van der Waals surface area contributed by atoms with Gasteiger partial charge in [0.1, 0.15) is 5.69 Å². The van der Waals surface area contributed by atoms with Gasteiger partial charge in [0.15, 0.2) is 0 Å². The highest BCUT2D eigenvalue weighted by Crippen LogP contribution is 2.33. The summed E-state index contributed by atoms with van der Waals surface area (Å²) in [5, 5.41) is 0. The molecule has 4 saturated heterocycles. The molecular formula is C19H27N7O2. The van der Waals surface area contributed by atoms with Crippen molar-refractivity contribution in [2.24, 2.45) is 11.8 Å². The number of amides is 2. The van der Waals surface area contributed by atoms with Gasteiger partial charge in [-0.25, -0.2) is 15.8 Å². The van der Waals surface area contributed by atoms with Crippen LogP contribution in [-0.2, 0) is 4.79 Å². The molecule has 0 radical (unpaired) electrons. The number of fused-ring (bicyclic) bond motifs is 5. The Labute approximate surface area is 164 Å². The maximum atomic E-state index is 13.4. The van der Waals surface area contributed by atoms with E-state index < -0.39 is 0 Å². The first-order valence-corrected chi connectivity index (χ1v) is 10.3. The minimum atomic E-state index is -0.0767. The van der Waals surface area contributed by atoms with Crippen LogP contribution >= 0.6 is 0 Å². The van der Waals surface area contributed by atoms with Crippen molar-refractivity contribution < 1.29 is 9.59 Å². The summed E-state index contributed by atoms with van der Waals surface area (Å²) in [4.78, 5) is 38.4. The van der Waals surface area contributed by atoms with Gasteiger partial charge in [-0.3, -0.25) is 14.6 Å². The van der Waals surface area contributed by atoms with Gasteiger partial charge in [-0.15, -0.1) is 0 Å². The van der Waals surface area contributed by atoms with Crippen LogP contribution in [0.15, 0.2) is 18.6 Å². The van der Waals surface area contributed by atoms with E-state index >= 15 is 0 Å². The largest absolute Gasteiger partial charge is 0.337 e. The number of hydrazine groups is 2. The molecule has 9 nitrogen and oxygen atoms in total. The molecule has 9 heteroatoms. The van der Waals surface area contributed by atoms with Gasteiger partial charge in [-0.1, -0.05) is 0 Å². The zero-order valence-corrected chi connectivity index (χ0v) is 15.9. The maximum absolute atomic E-state index is 13.4. The minimum Gasteiger partial charge on any atom is -0.337 e. The molecule has 2 amide bonds. The number of nitrogens with one attached hydrogen (secondary N) is 3. The lowest BCUT2D eigenvalue weighted by Gasteiger charge is -2.40. The minimum absolute atomic E-state index is 0.0685. The van der Waals surface area contributed by atoms with Gasteiger partial charge < -0.3 is 9.80 Å². The number of carbonyl (C=O) groups is 2. The fourth-order valence-corrected chi connectivity index (χ4v) is 5.28. The van der Waals surface area contributed by atoms with Crippen molar-refractivity contribution in [1.29, 1.82) is 0 Å². The first-order chi connectivity index (χ1) is 13.7. The molecule has 4 aliphatic heterocycles. The van der Waals surface area contributed by atoms with E-state index in [-0.39, 0.29) is 23.8 Å². The van der Waals surface area contributed by atoms with Crippen LogP contribution in [0.25, 0.3) is 0 Å². The third-order valence-electron chi connectivity index (χ3n) is 6.78. The molecule has 1 aromatic heterocycles. The molecule has 0 aromatic carbocycles. The maximum Gasteiger partial charge on any atom is 0.274 e. The molecule has 6 rings (SSSR count). The molecule has 0 spiro atoms. The number of carbonyl (C=O) groups excluding carboxylic acids is 2. The SMILES string of the molecule is O=C(c1cnccn1)N1C[C@@H]2CC[C@H](C1)N(C(=O)C1CCC3NNNC3C1)C2. The molecule has 5 atom stereocenters. The quantitative estimate of drug-likeness (QED) is 0.642. The second kappa shape index (κ2) is 7.38. The lowest BCUT2D eigenvalue weighted by atomic mass is 9.81. The van der Waals surface area contributed by atoms with Crippen molar-refractivity contribution in [2.75, 3.05) is 19.6 Å². The highest BCUT2D eigenvalue weighted by Gasteiger charge is 2.43. The molecule has 5 heterocycles. The molecule has 28 heavy (non-hydrogen) atoms. The molecule has 3 unspecified atom stereocenters. The van der Waals surface area contributed by atoms with Gasteiger partial charge >= 0.3 is 0 Å². The normalized spacial score (nSPS) is 34.8. The number of hydrogen-bond acceptors (Lipinski definition) is 7. The molecule has 5 aliphatic rings. The van der Waals surface area contributed by atoms with Gasteiger partial charge in [0.25, 0.3) is 5.91 Å². The zero-order valence-electron chi connectivity index (χ0n) is 15.9. The van der Waals surface area contributed by atoms with Crippen molar-refractivity contribution in [1.82, 2.24) is 36.2 Å². The Morgan fingerprint density at radius 3 is 2.75 bits per heavy atom. The molecule has 5 fully saturated rings. The van der Waals surface area contributed by atoms with Gasteiger partial charge in [-0.05, 0) is 38.0 Å². The van der Waals surface area contributed by atoms with Crippen molar-refractivity contribution in [3.63, 3.8) is 0 Å². The lowest BCUT2D eigenvalue weighted by Crippen LogP contribution is -2.52. The van der Waals surface area contributed by atoms with Crippen LogP contribution in [0.1, 0.15) is 42.6 Å². The van der Waals surface area contributed by atoms with E-state index in [1.165, 1.54) is 6.20 Å². The van der Waals surface area contributed by atoms with Gasteiger partial charge in [0, 0.05) is 56.1 Å². The van der Waals surface area contributed by atoms with Crippen LogP contribution < -0.4 is 16.4 Å². The van der Waals surface area contributed by atoms with E-state index in [1.54, 1.807) is 12.4 Å². The van der Waals surface area contributed by atoms with Crippen molar-refractivity contribution in [3.8, 4) is 0 Å². The summed E-state index contributed by atoms with van der Waals surface area (Å²) in [5.41, 5.74) is 9.84. The van der Waals surface area contributed by atoms with Crippen LogP contribution in [0.3, 0.4) is 0 Å². The van der Waals surface area contributed by atoms with Crippen molar-refractivity contribution in [2.45, 2.75) is 50.2 Å². The van der Waals surface area contributed by atoms with Gasteiger partial charge in [-0.2, -0.15) is 5.53 Å². The van der Waals surface area contributed by atoms with Crippen molar-refractivity contribution >= 4 is 11.8 Å². The standard InChI is InChI=1S/C19H27N7O2/c27-18(13-2-4-15-16(7-13)23-24-22-15)26-10-12-1-3-14(26)11-25(9-12)19(28)17-8-20-5-6-21-17/h5-6,8,12-16,22-24H,1-4,7,9-11H2/t12-,13?,14+,15?,16?/m0/s1. The highest BCUT2D eigenvalue weighted by molar-refractivity contribution is 5.92. The first-order valence-electron chi connectivity index (χ1n) is 10.3. The van der Waals surface area contributed by atoms with E-state index in [1.807, 2.05) is 4.90 Å². The van der Waals surface area contributed by atoms with Crippen LogP contribution in [0.2, 0.25) is 0 Å². The topological polar surface area (TPSA) is 102 Å². The second-order valence-corrected chi connectivity index (χ2v) is 8.53. The van der Waals surface area contributed by atoms with Crippen LogP contribution in [0.5, 0.6) is 0 Å². The Hall–Kier alpha value is -2.10. The van der Waals surface area contributed by atoms with Crippen LogP contribution in [-0.4, -0.2) is 69.3 Å². The van der Waals surface area contributed by atoms with Gasteiger partial charge in [0.2, 0.25) is 5.91 Å². The summed E-state index contributed by atoms with van der Waals surface area (Å²) in [7, 11) is 0. The summed E-state index contributed by atoms with van der Waals surface area (Å²) in [6.07, 6.45) is 9.47. The Balaban J connectivity index is 1.29. The summed E-state index contributed by atoms with van der Waals surface area (Å²) >= 11 is 0. The summed E-state index contributed by atoms with van der Waals surface area (Å²) in [5.74, 6) is 0.606. The Morgan fingerprint density at radius 2 is 1.89 bits per heavy atom. The molecular weight excluding hydrogens is 358 g/mol. The Kier molecular flexibility index (Phi) is 4.73. The number of rotatable bonds is 2. The fraction of sp³-hybridized carbons (Fsp3) is 0.684. The van der Waals surface area contributed by atoms with Crippen molar-refractivity contribution in [3.05, 3.63) is 24.3 Å². The monoisotopic (exact) mass is 385 g/mol. The number of hydrogen-bond donors (Lipinski definition) is 3. The average Bonchev–Trinajstić information content (AvgIpc) is 3.02. The lowest BCUT2D eigenvalue weighted by molar-refractivity contribution is -0.141. The average molecular weight is 385 g/mol. The highest BCUT2D eigenvalue weighted by atomic mass is 16.2. The molecule has 2 bridgehead atoms. The summed E-state index contributed by atoms with van der Waals surface area (Å²) in [6.45, 7) is 2.06. The summed E-state index contributed by atoms with van der Waals surface area (Å²) in [6, 6.07) is 0.823. The third-order valence-corrected chi connectivity index (χ3v) is 6.78.